The molecule has 0 fully saturated rings. The second-order valence-electron chi connectivity index (χ2n) is 8.40. The molecule has 0 aliphatic heterocycles. The van der Waals surface area contributed by atoms with Gasteiger partial charge in [-0.3, -0.25) is 0 Å². The molecule has 0 N–H and O–H groups in total. The van der Waals surface area contributed by atoms with Gasteiger partial charge in [-0.15, -0.1) is 0 Å². The highest BCUT2D eigenvalue weighted by molar-refractivity contribution is 6.93. The van der Waals surface area contributed by atoms with E-state index in [4.69, 9.17) is 4.43 Å². The average Bonchev–Trinajstić information content (AvgIpc) is 2.11. The van der Waals surface area contributed by atoms with Gasteiger partial charge in [0.1, 0.15) is 5.75 Å². The first kappa shape index (κ1) is 16.7. The molecule has 4 heteroatoms. The second kappa shape index (κ2) is 5.22. The molecule has 19 heavy (non-hydrogen) atoms. The molecule has 0 atom stereocenters. The zero-order valence-corrected chi connectivity index (χ0v) is 17.1. The van der Waals surface area contributed by atoms with Crippen LogP contribution in [0.25, 0.3) is 0 Å². The summed E-state index contributed by atoms with van der Waals surface area (Å²) in [5.74, 6) is 1.25. The van der Waals surface area contributed by atoms with Crippen molar-refractivity contribution in [2.45, 2.75) is 58.9 Å². The molecule has 1 aromatic carbocycles. The van der Waals surface area contributed by atoms with Gasteiger partial charge in [-0.1, -0.05) is 57.5 Å². The SMILES string of the molecule is C[Si](C)(C)Oc1c([Si](C)(C)C)cccc1[Si](C)(C)C. The Balaban J connectivity index is 3.51. The molecular weight excluding hydrogens is 280 g/mol. The van der Waals surface area contributed by atoms with E-state index in [1.54, 1.807) is 0 Å². The first-order chi connectivity index (χ1) is 8.32. The standard InChI is InChI=1S/C15H30OSi3/c1-17(2,3)13-11-10-12-14(18(4,5)6)15(13)16-19(7,8)9/h10-12H,1-9H3. The number of hydrogen-bond acceptors (Lipinski definition) is 1. The minimum atomic E-state index is -1.57. The number of para-hydroxylation sites is 1. The summed E-state index contributed by atoms with van der Waals surface area (Å²) in [5.41, 5.74) is 0. The van der Waals surface area contributed by atoms with Crippen LogP contribution in [-0.2, 0) is 0 Å². The summed E-state index contributed by atoms with van der Waals surface area (Å²) in [6, 6.07) is 6.83. The summed E-state index contributed by atoms with van der Waals surface area (Å²) in [6.07, 6.45) is 0. The first-order valence-corrected chi connectivity index (χ1v) is 17.6. The molecule has 0 aliphatic rings. The molecule has 0 saturated heterocycles. The van der Waals surface area contributed by atoms with Crippen LogP contribution in [0.2, 0.25) is 58.9 Å². The van der Waals surface area contributed by atoms with Crippen molar-refractivity contribution in [2.75, 3.05) is 0 Å². The topological polar surface area (TPSA) is 9.23 Å². The molecule has 0 amide bonds. The maximum atomic E-state index is 6.53. The molecule has 0 bridgehead atoms. The van der Waals surface area contributed by atoms with Gasteiger partial charge >= 0.3 is 0 Å². The van der Waals surface area contributed by atoms with Crippen LogP contribution in [0.4, 0.5) is 0 Å². The van der Waals surface area contributed by atoms with Gasteiger partial charge in [-0.2, -0.15) is 0 Å². The maximum absolute atomic E-state index is 6.53. The van der Waals surface area contributed by atoms with E-state index in [-0.39, 0.29) is 0 Å². The van der Waals surface area contributed by atoms with Gasteiger partial charge in [0.25, 0.3) is 0 Å². The van der Waals surface area contributed by atoms with Gasteiger partial charge in [-0.25, -0.2) is 0 Å². The third kappa shape index (κ3) is 4.61. The van der Waals surface area contributed by atoms with Gasteiger partial charge < -0.3 is 4.43 Å². The fourth-order valence-corrected chi connectivity index (χ4v) is 6.22. The van der Waals surface area contributed by atoms with Crippen molar-refractivity contribution in [1.29, 1.82) is 0 Å². The Labute approximate surface area is 122 Å². The van der Waals surface area contributed by atoms with Crippen molar-refractivity contribution in [3.05, 3.63) is 18.2 Å². The number of benzene rings is 1. The molecule has 0 saturated carbocycles. The number of rotatable bonds is 4. The lowest BCUT2D eigenvalue weighted by atomic mass is 10.3. The van der Waals surface area contributed by atoms with E-state index >= 15 is 0 Å². The van der Waals surface area contributed by atoms with E-state index in [0.717, 1.165) is 0 Å². The Morgan fingerprint density at radius 3 is 1.32 bits per heavy atom. The lowest BCUT2D eigenvalue weighted by Crippen LogP contribution is -2.49. The van der Waals surface area contributed by atoms with Gasteiger partial charge in [0, 0.05) is 0 Å². The molecule has 1 aromatic rings. The lowest BCUT2D eigenvalue weighted by Gasteiger charge is -2.32. The van der Waals surface area contributed by atoms with Crippen LogP contribution in [-0.4, -0.2) is 24.5 Å². The summed E-state index contributed by atoms with van der Waals surface area (Å²) >= 11 is 0. The second-order valence-corrected chi connectivity index (χ2v) is 22.9. The van der Waals surface area contributed by atoms with Gasteiger partial charge in [0.15, 0.2) is 0 Å². The molecule has 1 nitrogen and oxygen atoms in total. The van der Waals surface area contributed by atoms with Crippen molar-refractivity contribution < 1.29 is 4.43 Å². The van der Waals surface area contributed by atoms with Gasteiger partial charge in [0.05, 0.1) is 16.1 Å². The zero-order valence-electron chi connectivity index (χ0n) is 14.1. The minimum Gasteiger partial charge on any atom is -0.544 e. The molecule has 0 aromatic heterocycles. The summed E-state index contributed by atoms with van der Waals surface area (Å²) in [6.45, 7) is 21.3. The van der Waals surface area contributed by atoms with Crippen molar-refractivity contribution in [3.63, 3.8) is 0 Å². The fourth-order valence-electron chi connectivity index (χ4n) is 2.13. The van der Waals surface area contributed by atoms with Crippen LogP contribution in [0.5, 0.6) is 5.75 Å². The highest BCUT2D eigenvalue weighted by Crippen LogP contribution is 2.20. The molecule has 1 rings (SSSR count). The third-order valence-electron chi connectivity index (χ3n) is 3.04. The minimum absolute atomic E-state index is 1.25. The van der Waals surface area contributed by atoms with E-state index < -0.39 is 24.5 Å². The molecular formula is C15H30OSi3. The Kier molecular flexibility index (Phi) is 4.60. The largest absolute Gasteiger partial charge is 0.544 e. The maximum Gasteiger partial charge on any atom is 0.242 e. The van der Waals surface area contributed by atoms with E-state index in [9.17, 15) is 0 Å². The molecule has 0 aliphatic carbocycles. The average molecular weight is 311 g/mol. The molecule has 0 spiro atoms. The Morgan fingerprint density at radius 2 is 1.05 bits per heavy atom. The highest BCUT2D eigenvalue weighted by Gasteiger charge is 2.30. The smallest absolute Gasteiger partial charge is 0.242 e. The van der Waals surface area contributed by atoms with Crippen molar-refractivity contribution in [1.82, 2.24) is 0 Å². The quantitative estimate of drug-likeness (QED) is 0.764. The van der Waals surface area contributed by atoms with Crippen molar-refractivity contribution >= 4 is 34.8 Å². The lowest BCUT2D eigenvalue weighted by molar-refractivity contribution is 0.565. The monoisotopic (exact) mass is 310 g/mol. The van der Waals surface area contributed by atoms with Crippen LogP contribution < -0.4 is 14.8 Å². The van der Waals surface area contributed by atoms with E-state index in [2.05, 4.69) is 77.1 Å². The Bertz CT molecular complexity index is 416. The molecule has 0 heterocycles. The summed E-state index contributed by atoms with van der Waals surface area (Å²) in [5, 5.41) is 2.99. The van der Waals surface area contributed by atoms with Crippen LogP contribution in [0.1, 0.15) is 0 Å². The van der Waals surface area contributed by atoms with Gasteiger partial charge in [0.2, 0.25) is 8.32 Å². The molecule has 108 valence electrons. The van der Waals surface area contributed by atoms with E-state index in [0.29, 0.717) is 0 Å². The normalized spacial score (nSPS) is 13.5. The summed E-state index contributed by atoms with van der Waals surface area (Å²) < 4.78 is 6.53. The van der Waals surface area contributed by atoms with Crippen LogP contribution in [0.15, 0.2) is 18.2 Å². The van der Waals surface area contributed by atoms with Crippen molar-refractivity contribution in [2.24, 2.45) is 0 Å². The first-order valence-electron chi connectivity index (χ1n) is 7.15. The summed E-state index contributed by atoms with van der Waals surface area (Å²) in [7, 11) is -4.31. The fraction of sp³-hybridized carbons (Fsp3) is 0.600. The predicted octanol–water partition coefficient (Wildman–Crippen LogP) is 3.99. The zero-order chi connectivity index (χ0) is 15.1. The van der Waals surface area contributed by atoms with E-state index in [1.165, 1.54) is 16.1 Å². The Morgan fingerprint density at radius 1 is 0.684 bits per heavy atom. The number of hydrogen-bond donors (Lipinski definition) is 0. The molecule has 0 unspecified atom stereocenters. The highest BCUT2D eigenvalue weighted by atomic mass is 28.4. The van der Waals surface area contributed by atoms with Crippen LogP contribution >= 0.6 is 0 Å². The third-order valence-corrected chi connectivity index (χ3v) is 7.88. The van der Waals surface area contributed by atoms with E-state index in [1.807, 2.05) is 0 Å². The summed E-state index contributed by atoms with van der Waals surface area (Å²) in [4.78, 5) is 0. The van der Waals surface area contributed by atoms with Crippen LogP contribution in [0.3, 0.4) is 0 Å². The van der Waals surface area contributed by atoms with Crippen LogP contribution in [0, 0.1) is 0 Å². The van der Waals surface area contributed by atoms with Crippen molar-refractivity contribution in [3.8, 4) is 5.75 Å². The molecule has 0 radical (unpaired) electrons. The Hall–Kier alpha value is -0.329. The predicted molar refractivity (Wildman–Crippen MR) is 96.4 cm³/mol. The van der Waals surface area contributed by atoms with Gasteiger partial charge in [-0.05, 0) is 30.0 Å².